The number of ether oxygens (including phenoxy) is 1. The Kier molecular flexibility index (Phi) is 5.65. The van der Waals surface area contributed by atoms with Gasteiger partial charge in [-0.05, 0) is 19.4 Å². The molecule has 2 aliphatic rings. The predicted octanol–water partition coefficient (Wildman–Crippen LogP) is -0.0817. The van der Waals surface area contributed by atoms with E-state index in [9.17, 15) is 13.2 Å². The molecule has 8 nitrogen and oxygen atoms in total. The molecule has 2 fully saturated rings. The number of carbonyl (C=O) groups is 1. The lowest BCUT2D eigenvalue weighted by Crippen LogP contribution is -2.47. The Morgan fingerprint density at radius 3 is 2.80 bits per heavy atom. The first-order valence-electron chi connectivity index (χ1n) is 8.53. The molecule has 2 saturated heterocycles. The van der Waals surface area contributed by atoms with Gasteiger partial charge in [0.15, 0.2) is 9.84 Å². The highest BCUT2D eigenvalue weighted by molar-refractivity contribution is 7.90. The monoisotopic (exact) mass is 368 g/mol. The number of rotatable bonds is 4. The van der Waals surface area contributed by atoms with Gasteiger partial charge in [-0.25, -0.2) is 18.4 Å². The van der Waals surface area contributed by atoms with E-state index in [4.69, 9.17) is 4.74 Å². The van der Waals surface area contributed by atoms with Crippen LogP contribution in [0.2, 0.25) is 0 Å². The molecule has 1 amide bonds. The molecule has 1 aromatic heterocycles. The van der Waals surface area contributed by atoms with Gasteiger partial charge in [0.05, 0.1) is 25.5 Å². The van der Waals surface area contributed by atoms with Gasteiger partial charge in [-0.2, -0.15) is 0 Å². The topological polar surface area (TPSA) is 92.7 Å². The van der Waals surface area contributed by atoms with Gasteiger partial charge in [-0.1, -0.05) is 0 Å². The second kappa shape index (κ2) is 7.76. The molecule has 1 aromatic rings. The zero-order chi connectivity index (χ0) is 17.9. The molecule has 0 aromatic carbocycles. The second-order valence-corrected chi connectivity index (χ2v) is 8.60. The normalized spacial score (nSPS) is 22.8. The number of nitrogens with zero attached hydrogens (tertiary/aromatic N) is 4. The van der Waals surface area contributed by atoms with Crippen LogP contribution in [0.15, 0.2) is 17.4 Å². The molecule has 9 heteroatoms. The van der Waals surface area contributed by atoms with Crippen LogP contribution in [0.25, 0.3) is 0 Å². The molecule has 25 heavy (non-hydrogen) atoms. The molecule has 0 aliphatic carbocycles. The van der Waals surface area contributed by atoms with Crippen LogP contribution >= 0.6 is 0 Å². The smallest absolute Gasteiger partial charge is 0.236 e. The van der Waals surface area contributed by atoms with Crippen molar-refractivity contribution >= 4 is 15.7 Å². The van der Waals surface area contributed by atoms with Crippen LogP contribution in [0.5, 0.6) is 0 Å². The van der Waals surface area contributed by atoms with Crippen molar-refractivity contribution in [2.75, 3.05) is 52.2 Å². The molecule has 0 saturated carbocycles. The summed E-state index contributed by atoms with van der Waals surface area (Å²) in [5, 5.41) is 0. The Morgan fingerprint density at radius 2 is 2.08 bits per heavy atom. The van der Waals surface area contributed by atoms with Crippen molar-refractivity contribution < 1.29 is 17.9 Å². The van der Waals surface area contributed by atoms with Gasteiger partial charge in [0.25, 0.3) is 0 Å². The molecular formula is C16H24N4O4S. The number of amides is 1. The van der Waals surface area contributed by atoms with Crippen molar-refractivity contribution in [1.82, 2.24) is 19.8 Å². The number of carbonyl (C=O) groups excluding carboxylic acids is 1. The van der Waals surface area contributed by atoms with Gasteiger partial charge in [-0.15, -0.1) is 0 Å². The van der Waals surface area contributed by atoms with E-state index >= 15 is 0 Å². The summed E-state index contributed by atoms with van der Waals surface area (Å²) >= 11 is 0. The lowest BCUT2D eigenvalue weighted by Gasteiger charge is -2.34. The van der Waals surface area contributed by atoms with E-state index in [0.29, 0.717) is 45.1 Å². The van der Waals surface area contributed by atoms with E-state index in [2.05, 4.69) is 14.9 Å². The Morgan fingerprint density at radius 1 is 1.32 bits per heavy atom. The second-order valence-electron chi connectivity index (χ2n) is 6.61. The summed E-state index contributed by atoms with van der Waals surface area (Å²) in [6.45, 7) is 4.29. The molecule has 3 rings (SSSR count). The number of piperidine rings is 1. The lowest BCUT2D eigenvalue weighted by atomic mass is 9.94. The third kappa shape index (κ3) is 4.53. The van der Waals surface area contributed by atoms with Crippen LogP contribution in [0.1, 0.15) is 24.5 Å². The number of aromatic nitrogens is 2. The molecule has 2 aliphatic heterocycles. The molecular weight excluding hydrogens is 344 g/mol. The number of hydrogen-bond donors (Lipinski definition) is 0. The standard InChI is InChI=1S/C16H24N4O4S/c1-25(22,23)14-9-17-12-18-16(14)13-3-2-4-19(10-13)11-15(21)20-5-7-24-8-6-20/h9,12-13H,2-8,10-11H2,1H3. The summed E-state index contributed by atoms with van der Waals surface area (Å²) in [6.07, 6.45) is 5.71. The molecule has 0 radical (unpaired) electrons. The third-order valence-corrected chi connectivity index (χ3v) is 5.84. The first-order chi connectivity index (χ1) is 11.9. The highest BCUT2D eigenvalue weighted by atomic mass is 32.2. The van der Waals surface area contributed by atoms with Gasteiger partial charge < -0.3 is 9.64 Å². The average molecular weight is 368 g/mol. The van der Waals surface area contributed by atoms with E-state index in [-0.39, 0.29) is 16.7 Å². The SMILES string of the molecule is CS(=O)(=O)c1cncnc1C1CCCN(CC(=O)N2CCOCC2)C1. The number of likely N-dealkylation sites (tertiary alicyclic amines) is 1. The van der Waals surface area contributed by atoms with Crippen molar-refractivity contribution in [3.63, 3.8) is 0 Å². The summed E-state index contributed by atoms with van der Waals surface area (Å²) in [4.78, 5) is 24.7. The fourth-order valence-corrected chi connectivity index (χ4v) is 4.30. The van der Waals surface area contributed by atoms with Crippen molar-refractivity contribution in [2.24, 2.45) is 0 Å². The molecule has 138 valence electrons. The number of morpholine rings is 1. The van der Waals surface area contributed by atoms with Crippen LogP contribution < -0.4 is 0 Å². The zero-order valence-electron chi connectivity index (χ0n) is 14.4. The van der Waals surface area contributed by atoms with Crippen molar-refractivity contribution in [3.05, 3.63) is 18.2 Å². The highest BCUT2D eigenvalue weighted by Crippen LogP contribution is 2.29. The van der Waals surface area contributed by atoms with E-state index in [1.165, 1.54) is 18.8 Å². The van der Waals surface area contributed by atoms with Gasteiger partial charge >= 0.3 is 0 Å². The molecule has 0 N–H and O–H groups in total. The third-order valence-electron chi connectivity index (χ3n) is 4.72. The van der Waals surface area contributed by atoms with Crippen LogP contribution in [0.3, 0.4) is 0 Å². The molecule has 0 bridgehead atoms. The van der Waals surface area contributed by atoms with Crippen molar-refractivity contribution in [1.29, 1.82) is 0 Å². The van der Waals surface area contributed by atoms with E-state index < -0.39 is 9.84 Å². The predicted molar refractivity (Wildman–Crippen MR) is 91.0 cm³/mol. The van der Waals surface area contributed by atoms with Gasteiger partial charge in [0.1, 0.15) is 11.2 Å². The van der Waals surface area contributed by atoms with E-state index in [0.717, 1.165) is 19.4 Å². The summed E-state index contributed by atoms with van der Waals surface area (Å²) < 4.78 is 29.3. The summed E-state index contributed by atoms with van der Waals surface area (Å²) in [7, 11) is -3.37. The van der Waals surface area contributed by atoms with Crippen LogP contribution in [0, 0.1) is 0 Å². The molecule has 0 spiro atoms. The number of hydrogen-bond acceptors (Lipinski definition) is 7. The minimum Gasteiger partial charge on any atom is -0.378 e. The zero-order valence-corrected chi connectivity index (χ0v) is 15.2. The Labute approximate surface area is 148 Å². The Bertz CT molecular complexity index is 719. The maximum absolute atomic E-state index is 12.4. The fourth-order valence-electron chi connectivity index (χ4n) is 3.44. The number of sulfone groups is 1. The average Bonchev–Trinajstić information content (AvgIpc) is 2.62. The van der Waals surface area contributed by atoms with E-state index in [1.807, 2.05) is 4.90 Å². The van der Waals surface area contributed by atoms with E-state index in [1.54, 1.807) is 0 Å². The minimum atomic E-state index is -3.37. The summed E-state index contributed by atoms with van der Waals surface area (Å²) in [6, 6.07) is 0. The van der Waals surface area contributed by atoms with Crippen LogP contribution in [-0.4, -0.2) is 86.3 Å². The quantitative estimate of drug-likeness (QED) is 0.734. The maximum Gasteiger partial charge on any atom is 0.236 e. The summed E-state index contributed by atoms with van der Waals surface area (Å²) in [5.41, 5.74) is 0.570. The Hall–Kier alpha value is -1.58. The van der Waals surface area contributed by atoms with Crippen LogP contribution in [-0.2, 0) is 19.4 Å². The Balaban J connectivity index is 1.68. The largest absolute Gasteiger partial charge is 0.378 e. The summed E-state index contributed by atoms with van der Waals surface area (Å²) in [5.74, 6) is 0.105. The van der Waals surface area contributed by atoms with Crippen molar-refractivity contribution in [2.45, 2.75) is 23.7 Å². The maximum atomic E-state index is 12.4. The van der Waals surface area contributed by atoms with Crippen LogP contribution in [0.4, 0.5) is 0 Å². The molecule has 1 atom stereocenters. The first kappa shape index (κ1) is 18.2. The lowest BCUT2D eigenvalue weighted by molar-refractivity contribution is -0.136. The molecule has 3 heterocycles. The fraction of sp³-hybridized carbons (Fsp3) is 0.688. The minimum absolute atomic E-state index is 0.000959. The van der Waals surface area contributed by atoms with Gasteiger partial charge in [-0.3, -0.25) is 9.69 Å². The molecule has 1 unspecified atom stereocenters. The highest BCUT2D eigenvalue weighted by Gasteiger charge is 2.29. The van der Waals surface area contributed by atoms with Gasteiger partial charge in [0.2, 0.25) is 5.91 Å². The first-order valence-corrected chi connectivity index (χ1v) is 10.4. The van der Waals surface area contributed by atoms with Gasteiger partial charge in [0, 0.05) is 38.0 Å². The van der Waals surface area contributed by atoms with Crippen molar-refractivity contribution in [3.8, 4) is 0 Å².